The standard InChI is InChI=1S/C26H23ClN4O4S2/c27-16-6-8-17(9-7-16)31-23(33)20-19(15-5-4-10-28-13-15)22-25(36-21(20)24(31)34)30(26(35)37-22)14-18(32)29-11-2-1-3-12-29/h4-10,13,19-21H,1-3,11-12,14H2/t19-,20+,21-/m0/s1. The van der Waals surface area contributed by atoms with Gasteiger partial charge < -0.3 is 4.90 Å². The highest BCUT2D eigenvalue weighted by Gasteiger charge is 2.56. The van der Waals surface area contributed by atoms with Crippen LogP contribution in [0.2, 0.25) is 5.02 Å². The lowest BCUT2D eigenvalue weighted by Crippen LogP contribution is -2.39. The molecular formula is C26H23ClN4O4S2. The molecule has 6 rings (SSSR count). The SMILES string of the molecule is O=C(Cn1c2c(sc1=O)[C@@H](c1cccnc1)[C@H]1C(=O)N(c3ccc(Cl)cc3)C(=O)[C@H]1S2)N1CCCCC1. The highest BCUT2D eigenvalue weighted by atomic mass is 35.5. The molecule has 0 unspecified atom stereocenters. The molecule has 0 spiro atoms. The number of piperidine rings is 1. The maximum atomic E-state index is 13.8. The zero-order valence-electron chi connectivity index (χ0n) is 19.7. The molecule has 0 aliphatic carbocycles. The summed E-state index contributed by atoms with van der Waals surface area (Å²) in [6.45, 7) is 1.32. The zero-order chi connectivity index (χ0) is 25.7. The van der Waals surface area contributed by atoms with Crippen molar-refractivity contribution in [3.63, 3.8) is 0 Å². The first-order valence-corrected chi connectivity index (χ1v) is 14.2. The number of carbonyl (C=O) groups is 3. The Balaban J connectivity index is 1.42. The van der Waals surface area contributed by atoms with Crippen LogP contribution in [0.15, 0.2) is 58.6 Å². The van der Waals surface area contributed by atoms with E-state index in [4.69, 9.17) is 11.6 Å². The first-order chi connectivity index (χ1) is 17.9. The van der Waals surface area contributed by atoms with Gasteiger partial charge in [0.05, 0.1) is 16.6 Å². The number of hydrogen-bond donors (Lipinski definition) is 0. The second-order valence-corrected chi connectivity index (χ2v) is 11.9. The van der Waals surface area contributed by atoms with Gasteiger partial charge in [0.2, 0.25) is 17.7 Å². The van der Waals surface area contributed by atoms with E-state index in [0.717, 1.165) is 36.2 Å². The minimum absolute atomic E-state index is 0.0716. The van der Waals surface area contributed by atoms with Crippen LogP contribution < -0.4 is 9.77 Å². The zero-order valence-corrected chi connectivity index (χ0v) is 22.1. The fourth-order valence-corrected chi connectivity index (χ4v) is 8.30. The molecule has 1 aromatic carbocycles. The van der Waals surface area contributed by atoms with Crippen LogP contribution in [0.4, 0.5) is 5.69 Å². The summed E-state index contributed by atoms with van der Waals surface area (Å²) in [5.74, 6) is -1.97. The van der Waals surface area contributed by atoms with E-state index in [2.05, 4.69) is 4.98 Å². The molecule has 3 aliphatic rings. The number of aromatic nitrogens is 2. The Kier molecular flexibility index (Phi) is 6.42. The van der Waals surface area contributed by atoms with Crippen LogP contribution in [0.1, 0.15) is 35.6 Å². The van der Waals surface area contributed by atoms with E-state index >= 15 is 0 Å². The van der Waals surface area contributed by atoms with Crippen molar-refractivity contribution >= 4 is 58.1 Å². The van der Waals surface area contributed by atoms with Gasteiger partial charge in [-0.2, -0.15) is 0 Å². The van der Waals surface area contributed by atoms with Crippen LogP contribution in [-0.2, 0) is 20.9 Å². The molecule has 8 nitrogen and oxygen atoms in total. The molecule has 3 amide bonds. The van der Waals surface area contributed by atoms with E-state index in [0.29, 0.717) is 33.7 Å². The van der Waals surface area contributed by atoms with E-state index in [1.54, 1.807) is 47.6 Å². The van der Waals surface area contributed by atoms with Crippen LogP contribution in [0.3, 0.4) is 0 Å². The molecule has 0 saturated carbocycles. The van der Waals surface area contributed by atoms with Crippen molar-refractivity contribution in [1.82, 2.24) is 14.5 Å². The Bertz CT molecular complexity index is 1430. The van der Waals surface area contributed by atoms with Gasteiger partial charge in [0, 0.05) is 41.3 Å². The smallest absolute Gasteiger partial charge is 0.308 e. The molecule has 11 heteroatoms. The van der Waals surface area contributed by atoms with Crippen molar-refractivity contribution in [2.75, 3.05) is 18.0 Å². The van der Waals surface area contributed by atoms with E-state index in [-0.39, 0.29) is 29.1 Å². The molecule has 5 heterocycles. The lowest BCUT2D eigenvalue weighted by Gasteiger charge is -2.31. The number of likely N-dealkylation sites (tertiary alicyclic amines) is 1. The number of hydrogen-bond acceptors (Lipinski definition) is 7. The van der Waals surface area contributed by atoms with Crippen molar-refractivity contribution in [3.8, 4) is 0 Å². The molecule has 3 atom stereocenters. The summed E-state index contributed by atoms with van der Waals surface area (Å²) in [5.41, 5.74) is 1.22. The minimum atomic E-state index is -0.730. The monoisotopic (exact) mass is 554 g/mol. The molecule has 3 aliphatic heterocycles. The quantitative estimate of drug-likeness (QED) is 0.456. The lowest BCUT2D eigenvalue weighted by atomic mass is 9.84. The van der Waals surface area contributed by atoms with Gasteiger partial charge in [0.25, 0.3) is 0 Å². The molecule has 190 valence electrons. The van der Waals surface area contributed by atoms with E-state index in [1.165, 1.54) is 21.2 Å². The van der Waals surface area contributed by atoms with Crippen molar-refractivity contribution in [1.29, 1.82) is 0 Å². The fourth-order valence-electron chi connectivity index (χ4n) is 5.40. The number of anilines is 1. The third-order valence-electron chi connectivity index (χ3n) is 7.18. The van der Waals surface area contributed by atoms with Crippen LogP contribution in [0.25, 0.3) is 0 Å². The number of fused-ring (bicyclic) bond motifs is 2. The number of imide groups is 1. The molecule has 2 saturated heterocycles. The maximum absolute atomic E-state index is 13.8. The summed E-state index contributed by atoms with van der Waals surface area (Å²) in [4.78, 5) is 61.5. The predicted molar refractivity (Wildman–Crippen MR) is 142 cm³/mol. The molecule has 3 aromatic rings. The van der Waals surface area contributed by atoms with Crippen molar-refractivity contribution in [3.05, 3.63) is 73.9 Å². The Hall–Kier alpha value is -2.95. The molecule has 2 aromatic heterocycles. The molecule has 0 radical (unpaired) electrons. The number of thiazole rings is 1. The number of nitrogens with zero attached hydrogens (tertiary/aromatic N) is 4. The highest BCUT2D eigenvalue weighted by Crippen LogP contribution is 2.53. The van der Waals surface area contributed by atoms with Gasteiger partial charge in [-0.15, -0.1) is 0 Å². The normalized spacial score (nSPS) is 23.2. The van der Waals surface area contributed by atoms with Gasteiger partial charge >= 0.3 is 4.87 Å². The fraction of sp³-hybridized carbons (Fsp3) is 0.346. The second-order valence-electron chi connectivity index (χ2n) is 9.38. The average Bonchev–Trinajstić information content (AvgIpc) is 3.36. The van der Waals surface area contributed by atoms with Gasteiger partial charge in [-0.05, 0) is 55.2 Å². The predicted octanol–water partition coefficient (Wildman–Crippen LogP) is 3.77. The number of amides is 3. The van der Waals surface area contributed by atoms with Crippen LogP contribution in [0.5, 0.6) is 0 Å². The van der Waals surface area contributed by atoms with Gasteiger partial charge in [-0.1, -0.05) is 40.8 Å². The summed E-state index contributed by atoms with van der Waals surface area (Å²) in [6, 6.07) is 10.2. The Morgan fingerprint density at radius 3 is 2.49 bits per heavy atom. The molecule has 37 heavy (non-hydrogen) atoms. The number of carbonyl (C=O) groups excluding carboxylic acids is 3. The largest absolute Gasteiger partial charge is 0.341 e. The average molecular weight is 555 g/mol. The third kappa shape index (κ3) is 4.20. The van der Waals surface area contributed by atoms with Crippen molar-refractivity contribution in [2.45, 2.75) is 42.0 Å². The van der Waals surface area contributed by atoms with E-state index in [1.807, 2.05) is 6.07 Å². The van der Waals surface area contributed by atoms with Crippen molar-refractivity contribution < 1.29 is 14.4 Å². The Labute approximate surface area is 226 Å². The molecular weight excluding hydrogens is 532 g/mol. The van der Waals surface area contributed by atoms with Crippen LogP contribution in [0, 0.1) is 5.92 Å². The van der Waals surface area contributed by atoms with E-state index < -0.39 is 17.1 Å². The summed E-state index contributed by atoms with van der Waals surface area (Å²) in [6.07, 6.45) is 6.34. The topological polar surface area (TPSA) is 92.6 Å². The number of pyridine rings is 1. The van der Waals surface area contributed by atoms with Gasteiger partial charge in [-0.25, -0.2) is 4.90 Å². The number of thioether (sulfide) groups is 1. The number of benzene rings is 1. The summed E-state index contributed by atoms with van der Waals surface area (Å²) in [7, 11) is 0. The number of rotatable bonds is 4. The molecule has 0 N–H and O–H groups in total. The molecule has 0 bridgehead atoms. The summed E-state index contributed by atoms with van der Waals surface area (Å²) in [5, 5.41) is 0.369. The minimum Gasteiger partial charge on any atom is -0.341 e. The Morgan fingerprint density at radius 2 is 1.78 bits per heavy atom. The van der Waals surface area contributed by atoms with Gasteiger partial charge in [0.15, 0.2) is 0 Å². The van der Waals surface area contributed by atoms with E-state index in [9.17, 15) is 19.2 Å². The second kappa shape index (κ2) is 9.74. The van der Waals surface area contributed by atoms with Crippen LogP contribution in [-0.4, -0.2) is 50.5 Å². The molecule has 2 fully saturated rings. The first kappa shape index (κ1) is 24.4. The van der Waals surface area contributed by atoms with Gasteiger partial charge in [-0.3, -0.25) is 28.7 Å². The Morgan fingerprint density at radius 1 is 1.03 bits per heavy atom. The highest BCUT2D eigenvalue weighted by molar-refractivity contribution is 8.00. The number of halogens is 1. The summed E-state index contributed by atoms with van der Waals surface area (Å²) < 4.78 is 1.49. The lowest BCUT2D eigenvalue weighted by molar-refractivity contribution is -0.133. The van der Waals surface area contributed by atoms with Crippen molar-refractivity contribution in [2.24, 2.45) is 5.92 Å². The maximum Gasteiger partial charge on any atom is 0.308 e. The third-order valence-corrected chi connectivity index (χ3v) is 10.0. The summed E-state index contributed by atoms with van der Waals surface area (Å²) >= 11 is 8.30. The first-order valence-electron chi connectivity index (χ1n) is 12.2. The van der Waals surface area contributed by atoms with Crippen LogP contribution >= 0.6 is 34.7 Å². The van der Waals surface area contributed by atoms with Gasteiger partial charge in [0.1, 0.15) is 11.8 Å².